The molecule has 0 bridgehead atoms. The highest BCUT2D eigenvalue weighted by Crippen LogP contribution is 1.97. The van der Waals surface area contributed by atoms with Gasteiger partial charge in [0.2, 0.25) is 0 Å². The van der Waals surface area contributed by atoms with Crippen LogP contribution in [0.25, 0.3) is 0 Å². The molecular weight excluding hydrogens is 180 g/mol. The fourth-order valence-electron chi connectivity index (χ4n) is 0.428. The van der Waals surface area contributed by atoms with Gasteiger partial charge in [-0.2, -0.15) is 0 Å². The molecular formula is C7H17ClN2O2. The minimum absolute atomic E-state index is 0. The zero-order chi connectivity index (χ0) is 14.3. The molecule has 0 aromatic carbocycles. The van der Waals surface area contributed by atoms with Crippen LogP contribution < -0.4 is 18.1 Å². The third-order valence-electron chi connectivity index (χ3n) is 0.640. The maximum atomic E-state index is 10.7. The molecule has 74 valence electrons. The summed E-state index contributed by atoms with van der Waals surface area (Å²) in [6.45, 7) is -5.84. The molecule has 0 rings (SSSR count). The highest BCUT2D eigenvalue weighted by atomic mass is 35.5. The highest BCUT2D eigenvalue weighted by molar-refractivity contribution is 5.64. The van der Waals surface area contributed by atoms with Crippen LogP contribution in [0.2, 0.25) is 0 Å². The summed E-state index contributed by atoms with van der Waals surface area (Å²) in [6, 6.07) is 0. The van der Waals surface area contributed by atoms with Crippen LogP contribution in [0, 0.1) is 0 Å². The summed E-state index contributed by atoms with van der Waals surface area (Å²) in [6.07, 6.45) is -4.59. The van der Waals surface area contributed by atoms with Crippen LogP contribution in [-0.4, -0.2) is 44.3 Å². The molecule has 5 heteroatoms. The van der Waals surface area contributed by atoms with E-state index in [1.165, 1.54) is 21.1 Å². The molecule has 0 heterocycles. The number of hydrogen-bond acceptors (Lipinski definition) is 2. The van der Waals surface area contributed by atoms with Gasteiger partial charge in [0.25, 0.3) is 0 Å². The van der Waals surface area contributed by atoms with Crippen LogP contribution in [-0.2, 0) is 4.74 Å². The van der Waals surface area contributed by atoms with Gasteiger partial charge in [0.15, 0.2) is 0 Å². The summed E-state index contributed by atoms with van der Waals surface area (Å²) in [5, 5.41) is 0. The summed E-state index contributed by atoms with van der Waals surface area (Å²) in [5.74, 6) is 0. The van der Waals surface area contributed by atoms with Crippen molar-refractivity contribution in [2.45, 2.75) is 12.9 Å². The fraction of sp³-hybridized carbons (Fsp3) is 0.857. The monoisotopic (exact) mass is 202 g/mol. The third kappa shape index (κ3) is 9.52. The Labute approximate surface area is 88.1 Å². The van der Waals surface area contributed by atoms with Crippen molar-refractivity contribution in [2.75, 3.05) is 27.6 Å². The highest BCUT2D eigenvalue weighted by Gasteiger charge is 2.15. The van der Waals surface area contributed by atoms with E-state index >= 15 is 0 Å². The van der Waals surface area contributed by atoms with Crippen molar-refractivity contribution < 1.29 is 34.6 Å². The first-order valence-electron chi connectivity index (χ1n) is 5.97. The van der Waals surface area contributed by atoms with Gasteiger partial charge in [-0.1, -0.05) is 0 Å². The minimum Gasteiger partial charge on any atom is -1.00 e. The molecule has 0 aliphatic rings. The van der Waals surface area contributed by atoms with Gasteiger partial charge < -0.3 is 27.4 Å². The lowest BCUT2D eigenvalue weighted by Crippen LogP contribution is -3.00. The Morgan fingerprint density at radius 1 is 1.83 bits per heavy atom. The van der Waals surface area contributed by atoms with Crippen molar-refractivity contribution in [1.82, 2.24) is 0 Å². The Morgan fingerprint density at radius 3 is 2.58 bits per heavy atom. The largest absolute Gasteiger partial charge is 1.00 e. The number of carbonyl (C=O) groups excluding carboxylic acids is 1. The lowest BCUT2D eigenvalue weighted by molar-refractivity contribution is -0.873. The van der Waals surface area contributed by atoms with Gasteiger partial charge in [-0.25, -0.2) is 4.79 Å². The molecule has 1 amide bonds. The average molecular weight is 203 g/mol. The second-order valence-corrected chi connectivity index (χ2v) is 2.87. The van der Waals surface area contributed by atoms with Crippen LogP contribution in [0.3, 0.4) is 0 Å². The number of likely N-dealkylation sites (N-methyl/N-ethyl adjacent to an activating group) is 1. The Balaban J connectivity index is 0. The number of nitrogens with two attached hydrogens (primary N) is 1. The summed E-state index contributed by atoms with van der Waals surface area (Å²) < 4.78 is 48.4. The molecule has 0 spiro atoms. The Bertz CT molecular complexity index is 316. The van der Waals surface area contributed by atoms with E-state index in [0.717, 1.165) is 0 Å². The number of primary amides is 1. The van der Waals surface area contributed by atoms with E-state index in [4.69, 9.17) is 14.0 Å². The number of ether oxygens (including phenoxy) is 1. The molecule has 1 unspecified atom stereocenters. The van der Waals surface area contributed by atoms with Crippen LogP contribution in [0.1, 0.15) is 15.1 Å². The predicted molar refractivity (Wildman–Crippen MR) is 43.0 cm³/mol. The number of rotatable bonds is 3. The molecule has 0 saturated carbocycles. The van der Waals surface area contributed by atoms with E-state index in [1.54, 1.807) is 0 Å². The Hall–Kier alpha value is -0.480. The van der Waals surface area contributed by atoms with Crippen molar-refractivity contribution in [1.29, 1.82) is 0 Å². The van der Waals surface area contributed by atoms with E-state index in [1.807, 2.05) is 0 Å². The molecule has 0 aromatic rings. The standard InChI is InChI=1S/C7H16N2O2.ClH/c1-6(11-7(8)10)5-9(2,3)4;/h6H,5H2,1-4H3,(H-,8,10);1H/i1D3,5D2,6D;. The van der Waals surface area contributed by atoms with E-state index in [-0.39, 0.29) is 12.4 Å². The molecule has 1 atom stereocenters. The average Bonchev–Trinajstić information content (AvgIpc) is 1.97. The lowest BCUT2D eigenvalue weighted by Gasteiger charge is -2.26. The molecule has 0 radical (unpaired) electrons. The second kappa shape index (κ2) is 5.22. The number of carbonyl (C=O) groups is 1. The Kier molecular flexibility index (Phi) is 2.30. The van der Waals surface area contributed by atoms with Crippen LogP contribution in [0.15, 0.2) is 0 Å². The number of halogens is 1. The molecule has 2 N–H and O–H groups in total. The van der Waals surface area contributed by atoms with E-state index in [2.05, 4.69) is 4.74 Å². The van der Waals surface area contributed by atoms with Gasteiger partial charge in [-0.05, 0) is 6.85 Å². The summed E-state index contributed by atoms with van der Waals surface area (Å²) in [7, 11) is 4.04. The zero-order valence-electron chi connectivity index (χ0n) is 13.2. The van der Waals surface area contributed by atoms with Gasteiger partial charge in [-0.15, -0.1) is 0 Å². The number of hydrogen-bond donors (Lipinski definition) is 1. The zero-order valence-corrected chi connectivity index (χ0v) is 7.97. The second-order valence-electron chi connectivity index (χ2n) is 2.87. The quantitative estimate of drug-likeness (QED) is 0.502. The third-order valence-corrected chi connectivity index (χ3v) is 0.640. The van der Waals surface area contributed by atoms with E-state index < -0.39 is 30.0 Å². The number of quaternary nitrogens is 1. The molecule has 0 fully saturated rings. The van der Waals surface area contributed by atoms with Crippen molar-refractivity contribution in [3.63, 3.8) is 0 Å². The molecule has 0 saturated heterocycles. The predicted octanol–water partition coefficient (Wildman–Crippen LogP) is -2.82. The van der Waals surface area contributed by atoms with Crippen LogP contribution >= 0.6 is 0 Å². The van der Waals surface area contributed by atoms with E-state index in [0.29, 0.717) is 0 Å². The molecule has 12 heavy (non-hydrogen) atoms. The normalized spacial score (nSPS) is 25.2. The number of amides is 1. The summed E-state index contributed by atoms with van der Waals surface area (Å²) in [4.78, 5) is 10.7. The fourth-order valence-corrected chi connectivity index (χ4v) is 0.428. The van der Waals surface area contributed by atoms with Crippen molar-refractivity contribution in [2.24, 2.45) is 5.73 Å². The Morgan fingerprint density at radius 2 is 2.33 bits per heavy atom. The van der Waals surface area contributed by atoms with E-state index in [9.17, 15) is 4.79 Å². The topological polar surface area (TPSA) is 52.3 Å². The van der Waals surface area contributed by atoms with Gasteiger partial charge in [0.05, 0.1) is 25.3 Å². The molecule has 4 nitrogen and oxygen atoms in total. The maximum Gasteiger partial charge on any atom is 0.404 e. The smallest absolute Gasteiger partial charge is 0.404 e. The lowest BCUT2D eigenvalue weighted by atomic mass is 10.3. The van der Waals surface area contributed by atoms with Crippen LogP contribution in [0.5, 0.6) is 0 Å². The minimum atomic E-state index is -3.17. The SMILES string of the molecule is [2H]C([2H])([2H])C([2H])(OC(N)=O)C([2H])([2H])[N+](C)(C)C.[Cl-]. The van der Waals surface area contributed by atoms with Crippen molar-refractivity contribution in [3.8, 4) is 0 Å². The van der Waals surface area contributed by atoms with Crippen molar-refractivity contribution in [3.05, 3.63) is 0 Å². The van der Waals surface area contributed by atoms with Gasteiger partial charge in [-0.3, -0.25) is 0 Å². The number of nitrogens with zero attached hydrogens (tertiary/aromatic N) is 1. The molecule has 0 aliphatic carbocycles. The van der Waals surface area contributed by atoms with Crippen LogP contribution in [0.4, 0.5) is 4.79 Å². The molecule has 0 aromatic heterocycles. The molecule has 0 aliphatic heterocycles. The van der Waals surface area contributed by atoms with Gasteiger partial charge in [0.1, 0.15) is 12.6 Å². The summed E-state index contributed by atoms with van der Waals surface area (Å²) in [5.41, 5.74) is 4.71. The van der Waals surface area contributed by atoms with Gasteiger partial charge >= 0.3 is 6.09 Å². The maximum absolute atomic E-state index is 10.7. The first-order valence-corrected chi connectivity index (χ1v) is 2.97. The van der Waals surface area contributed by atoms with Gasteiger partial charge in [0, 0.05) is 4.11 Å². The first-order chi connectivity index (χ1) is 7.17. The summed E-state index contributed by atoms with van der Waals surface area (Å²) >= 11 is 0. The van der Waals surface area contributed by atoms with Crippen molar-refractivity contribution >= 4 is 6.09 Å². The first kappa shape index (κ1) is 5.29.